The molecule has 0 fully saturated rings. The van der Waals surface area contributed by atoms with Crippen molar-refractivity contribution in [2.75, 3.05) is 0 Å². The van der Waals surface area contributed by atoms with Gasteiger partial charge in [-0.1, -0.05) is 12.1 Å². The first-order chi connectivity index (χ1) is 5.66. The maximum absolute atomic E-state index is 10.6. The lowest BCUT2D eigenvalue weighted by atomic mass is 10.1. The Morgan fingerprint density at radius 3 is 2.58 bits per heavy atom. The maximum atomic E-state index is 10.6. The normalized spacial score (nSPS) is 9.42. The van der Waals surface area contributed by atoms with Gasteiger partial charge in [0, 0.05) is 9.13 Å². The Morgan fingerprint density at radius 1 is 1.50 bits per heavy atom. The molecule has 62 valence electrons. The molecule has 1 N–H and O–H groups in total. The van der Waals surface area contributed by atoms with E-state index >= 15 is 0 Å². The number of carboxylic acid groups (broad SMARTS) is 1. The van der Waals surface area contributed by atoms with Gasteiger partial charge in [-0.25, -0.2) is 4.79 Å². The first kappa shape index (κ1) is 9.18. The number of benzene rings is 1. The number of rotatable bonds is 2. The van der Waals surface area contributed by atoms with Crippen LogP contribution in [0.25, 0.3) is 0 Å². The standard InChI is InChI=1S/C8H5IO3/c9-6-3-1-2-5(4-10)7(6)8(11)12/h1-4H,(H,11,12). The summed E-state index contributed by atoms with van der Waals surface area (Å²) >= 11 is 1.88. The number of halogens is 1. The van der Waals surface area contributed by atoms with E-state index in [0.717, 1.165) is 0 Å². The van der Waals surface area contributed by atoms with E-state index in [2.05, 4.69) is 0 Å². The minimum Gasteiger partial charge on any atom is -0.478 e. The van der Waals surface area contributed by atoms with Gasteiger partial charge < -0.3 is 5.11 Å². The second kappa shape index (κ2) is 3.66. The summed E-state index contributed by atoms with van der Waals surface area (Å²) in [5.74, 6) is -1.07. The van der Waals surface area contributed by atoms with Crippen LogP contribution < -0.4 is 0 Å². The van der Waals surface area contributed by atoms with Crippen molar-refractivity contribution in [3.63, 3.8) is 0 Å². The summed E-state index contributed by atoms with van der Waals surface area (Å²) in [6, 6.07) is 4.79. The molecule has 0 aliphatic rings. The van der Waals surface area contributed by atoms with Crippen LogP contribution in [0.2, 0.25) is 0 Å². The van der Waals surface area contributed by atoms with E-state index < -0.39 is 5.97 Å². The van der Waals surface area contributed by atoms with Gasteiger partial charge in [-0.3, -0.25) is 4.79 Å². The van der Waals surface area contributed by atoms with E-state index in [-0.39, 0.29) is 11.1 Å². The highest BCUT2D eigenvalue weighted by Gasteiger charge is 2.12. The second-order valence-electron chi connectivity index (χ2n) is 2.13. The van der Waals surface area contributed by atoms with E-state index in [9.17, 15) is 9.59 Å². The molecule has 1 aromatic carbocycles. The molecular weight excluding hydrogens is 271 g/mol. The van der Waals surface area contributed by atoms with Crippen LogP contribution >= 0.6 is 22.6 Å². The van der Waals surface area contributed by atoms with Gasteiger partial charge >= 0.3 is 5.97 Å². The Balaban J connectivity index is 3.39. The van der Waals surface area contributed by atoms with Gasteiger partial charge in [0.25, 0.3) is 0 Å². The molecule has 0 radical (unpaired) electrons. The smallest absolute Gasteiger partial charge is 0.337 e. The van der Waals surface area contributed by atoms with Gasteiger partial charge in [-0.2, -0.15) is 0 Å². The first-order valence-electron chi connectivity index (χ1n) is 3.14. The lowest BCUT2D eigenvalue weighted by Gasteiger charge is -2.00. The number of hydrogen-bond donors (Lipinski definition) is 1. The monoisotopic (exact) mass is 276 g/mol. The number of carboxylic acids is 1. The zero-order chi connectivity index (χ0) is 9.14. The summed E-state index contributed by atoms with van der Waals surface area (Å²) in [7, 11) is 0. The molecule has 3 nitrogen and oxygen atoms in total. The van der Waals surface area contributed by atoms with Gasteiger partial charge in [-0.15, -0.1) is 0 Å². The topological polar surface area (TPSA) is 54.4 Å². The summed E-state index contributed by atoms with van der Waals surface area (Å²) in [4.78, 5) is 21.1. The molecule has 0 aromatic heterocycles. The summed E-state index contributed by atoms with van der Waals surface area (Å²) in [6.45, 7) is 0. The third-order valence-corrected chi connectivity index (χ3v) is 2.29. The summed E-state index contributed by atoms with van der Waals surface area (Å²) in [5.41, 5.74) is 0.294. The van der Waals surface area contributed by atoms with Crippen LogP contribution in [0.5, 0.6) is 0 Å². The van der Waals surface area contributed by atoms with Gasteiger partial charge in [0.1, 0.15) is 0 Å². The summed E-state index contributed by atoms with van der Waals surface area (Å²) in [6.07, 6.45) is 0.547. The highest BCUT2D eigenvalue weighted by atomic mass is 127. The van der Waals surface area contributed by atoms with Crippen molar-refractivity contribution < 1.29 is 14.7 Å². The van der Waals surface area contributed by atoms with Gasteiger partial charge in [0.15, 0.2) is 6.29 Å². The van der Waals surface area contributed by atoms with Crippen LogP contribution in [0, 0.1) is 3.57 Å². The molecule has 0 amide bonds. The molecule has 0 unspecified atom stereocenters. The zero-order valence-electron chi connectivity index (χ0n) is 5.95. The van der Waals surface area contributed by atoms with Crippen LogP contribution in [0.3, 0.4) is 0 Å². The molecule has 1 rings (SSSR count). The lowest BCUT2D eigenvalue weighted by molar-refractivity contribution is 0.0693. The Morgan fingerprint density at radius 2 is 2.17 bits per heavy atom. The minimum atomic E-state index is -1.07. The third kappa shape index (κ3) is 1.63. The van der Waals surface area contributed by atoms with E-state index in [1.54, 1.807) is 12.1 Å². The highest BCUT2D eigenvalue weighted by Crippen LogP contribution is 2.15. The lowest BCUT2D eigenvalue weighted by Crippen LogP contribution is -2.04. The van der Waals surface area contributed by atoms with Crippen LogP contribution in [0.1, 0.15) is 20.7 Å². The van der Waals surface area contributed by atoms with Gasteiger partial charge in [0.05, 0.1) is 5.56 Å². The number of aldehydes is 1. The number of hydrogen-bond acceptors (Lipinski definition) is 2. The minimum absolute atomic E-state index is 0.0769. The quantitative estimate of drug-likeness (QED) is 0.662. The van der Waals surface area contributed by atoms with Crippen molar-refractivity contribution in [3.05, 3.63) is 32.9 Å². The predicted octanol–water partition coefficient (Wildman–Crippen LogP) is 1.80. The number of aromatic carboxylic acids is 1. The second-order valence-corrected chi connectivity index (χ2v) is 3.29. The van der Waals surface area contributed by atoms with Crippen LogP contribution in [-0.2, 0) is 0 Å². The largest absolute Gasteiger partial charge is 0.478 e. The van der Waals surface area contributed by atoms with Crippen molar-refractivity contribution in [2.24, 2.45) is 0 Å². The Hall–Kier alpha value is -0.910. The molecule has 0 spiro atoms. The molecule has 0 bridgehead atoms. The van der Waals surface area contributed by atoms with Crippen molar-refractivity contribution in [1.29, 1.82) is 0 Å². The first-order valence-corrected chi connectivity index (χ1v) is 4.21. The summed E-state index contributed by atoms with van der Waals surface area (Å²) in [5, 5.41) is 8.71. The maximum Gasteiger partial charge on any atom is 0.337 e. The van der Waals surface area contributed by atoms with E-state index in [4.69, 9.17) is 5.11 Å². The Kier molecular flexibility index (Phi) is 2.80. The number of carbonyl (C=O) groups is 2. The van der Waals surface area contributed by atoms with Gasteiger partial charge in [-0.05, 0) is 28.7 Å². The van der Waals surface area contributed by atoms with Crippen LogP contribution in [0.4, 0.5) is 0 Å². The van der Waals surface area contributed by atoms with Crippen LogP contribution in [0.15, 0.2) is 18.2 Å². The third-order valence-electron chi connectivity index (χ3n) is 1.39. The molecule has 4 heteroatoms. The highest BCUT2D eigenvalue weighted by molar-refractivity contribution is 14.1. The SMILES string of the molecule is O=Cc1cccc(I)c1C(=O)O. The molecule has 1 aromatic rings. The van der Waals surface area contributed by atoms with E-state index in [1.165, 1.54) is 6.07 Å². The van der Waals surface area contributed by atoms with Crippen molar-refractivity contribution >= 4 is 34.8 Å². The fourth-order valence-corrected chi connectivity index (χ4v) is 1.61. The van der Waals surface area contributed by atoms with Crippen LogP contribution in [-0.4, -0.2) is 17.4 Å². The molecule has 0 aliphatic carbocycles. The zero-order valence-corrected chi connectivity index (χ0v) is 8.11. The van der Waals surface area contributed by atoms with E-state index in [0.29, 0.717) is 9.86 Å². The van der Waals surface area contributed by atoms with Crippen molar-refractivity contribution in [3.8, 4) is 0 Å². The Labute approximate surface area is 82.5 Å². The molecule has 0 heterocycles. The molecule has 0 atom stereocenters. The molecule has 0 saturated carbocycles. The van der Waals surface area contributed by atoms with E-state index in [1.807, 2.05) is 22.6 Å². The molecular formula is C8H5IO3. The molecule has 12 heavy (non-hydrogen) atoms. The predicted molar refractivity (Wildman–Crippen MR) is 51.5 cm³/mol. The average Bonchev–Trinajstić information content (AvgIpc) is 2.03. The fourth-order valence-electron chi connectivity index (χ4n) is 0.865. The van der Waals surface area contributed by atoms with Crippen molar-refractivity contribution in [1.82, 2.24) is 0 Å². The number of carbonyl (C=O) groups excluding carboxylic acids is 1. The summed E-state index contributed by atoms with van der Waals surface area (Å²) < 4.78 is 0.574. The Bertz CT molecular complexity index is 333. The molecule has 0 saturated heterocycles. The molecule has 0 aliphatic heterocycles. The fraction of sp³-hybridized carbons (Fsp3) is 0. The van der Waals surface area contributed by atoms with Crippen molar-refractivity contribution in [2.45, 2.75) is 0 Å². The average molecular weight is 276 g/mol. The van der Waals surface area contributed by atoms with Gasteiger partial charge in [0.2, 0.25) is 0 Å².